The van der Waals surface area contributed by atoms with Crippen LogP contribution in [0.1, 0.15) is 48.8 Å². The Bertz CT molecular complexity index is 1160. The lowest BCUT2D eigenvalue weighted by Gasteiger charge is -2.33. The summed E-state index contributed by atoms with van der Waals surface area (Å²) in [4.78, 5) is 29.2. The Hall–Kier alpha value is -2.87. The van der Waals surface area contributed by atoms with Crippen LogP contribution in [0.25, 0.3) is 0 Å². The maximum Gasteiger partial charge on any atom is 0.261 e. The number of halogens is 1. The van der Waals surface area contributed by atoms with E-state index < -0.39 is 6.04 Å². The van der Waals surface area contributed by atoms with Gasteiger partial charge < -0.3 is 15.0 Å². The van der Waals surface area contributed by atoms with Gasteiger partial charge in [-0.05, 0) is 77.7 Å². The van der Waals surface area contributed by atoms with E-state index in [1.165, 1.54) is 6.42 Å². The number of hydrogen-bond acceptors (Lipinski definition) is 3. The summed E-state index contributed by atoms with van der Waals surface area (Å²) in [6.45, 7) is 2.24. The zero-order valence-corrected chi connectivity index (χ0v) is 23.5. The fraction of sp³-hybridized carbons (Fsp3) is 0.355. The van der Waals surface area contributed by atoms with Crippen molar-refractivity contribution in [2.45, 2.75) is 64.1 Å². The molecule has 1 aliphatic carbocycles. The lowest BCUT2D eigenvalue weighted by atomic mass is 9.94. The highest BCUT2D eigenvalue weighted by atomic mass is 127. The van der Waals surface area contributed by atoms with Crippen LogP contribution >= 0.6 is 22.6 Å². The van der Waals surface area contributed by atoms with Gasteiger partial charge in [-0.3, -0.25) is 9.59 Å². The highest BCUT2D eigenvalue weighted by Gasteiger charge is 2.32. The molecular weight excluding hydrogens is 575 g/mol. The van der Waals surface area contributed by atoms with E-state index in [2.05, 4.69) is 34.0 Å². The highest BCUT2D eigenvalue weighted by Crippen LogP contribution is 2.21. The van der Waals surface area contributed by atoms with Crippen LogP contribution in [-0.4, -0.2) is 35.4 Å². The Morgan fingerprint density at radius 3 is 2.35 bits per heavy atom. The van der Waals surface area contributed by atoms with E-state index in [0.29, 0.717) is 18.7 Å². The molecule has 1 fully saturated rings. The first-order valence-corrected chi connectivity index (χ1v) is 14.1. The molecule has 0 heterocycles. The third-order valence-electron chi connectivity index (χ3n) is 6.83. The molecule has 0 spiro atoms. The predicted octanol–water partition coefficient (Wildman–Crippen LogP) is 6.07. The van der Waals surface area contributed by atoms with E-state index >= 15 is 0 Å². The van der Waals surface area contributed by atoms with E-state index in [-0.39, 0.29) is 24.5 Å². The number of benzene rings is 3. The minimum Gasteiger partial charge on any atom is -0.484 e. The second-order valence-electron chi connectivity index (χ2n) is 9.80. The van der Waals surface area contributed by atoms with Crippen LogP contribution < -0.4 is 10.1 Å². The normalized spacial score (nSPS) is 14.5. The third kappa shape index (κ3) is 8.32. The largest absolute Gasteiger partial charge is 0.484 e. The Morgan fingerprint density at radius 1 is 0.946 bits per heavy atom. The molecule has 5 nitrogen and oxygen atoms in total. The Kier molecular flexibility index (Phi) is 9.99. The molecule has 3 aromatic rings. The first kappa shape index (κ1) is 27.2. The molecule has 0 aliphatic heterocycles. The molecule has 0 bridgehead atoms. The van der Waals surface area contributed by atoms with Gasteiger partial charge >= 0.3 is 0 Å². The van der Waals surface area contributed by atoms with Crippen LogP contribution in [-0.2, 0) is 22.6 Å². The molecule has 0 aromatic heterocycles. The molecule has 2 amide bonds. The van der Waals surface area contributed by atoms with E-state index in [9.17, 15) is 9.59 Å². The lowest BCUT2D eigenvalue weighted by molar-refractivity contribution is -0.143. The molecule has 1 atom stereocenters. The summed E-state index contributed by atoms with van der Waals surface area (Å²) in [5.41, 5.74) is 3.13. The molecular formula is C31H35IN2O3. The number of nitrogens with one attached hydrogen (secondary N) is 1. The third-order valence-corrected chi connectivity index (χ3v) is 7.55. The zero-order chi connectivity index (χ0) is 26.0. The highest BCUT2D eigenvalue weighted by molar-refractivity contribution is 14.1. The van der Waals surface area contributed by atoms with E-state index in [1.54, 1.807) is 4.90 Å². The molecule has 0 radical (unpaired) electrons. The number of rotatable bonds is 10. The number of aryl methyl sites for hydroxylation is 1. The van der Waals surface area contributed by atoms with Crippen molar-refractivity contribution >= 4 is 34.4 Å². The van der Waals surface area contributed by atoms with E-state index in [1.807, 2.05) is 79.7 Å². The molecule has 1 aliphatic rings. The molecule has 6 heteroatoms. The van der Waals surface area contributed by atoms with Crippen LogP contribution in [0.5, 0.6) is 5.75 Å². The Labute approximate surface area is 233 Å². The number of carbonyl (C=O) groups excluding carboxylic acids is 2. The van der Waals surface area contributed by atoms with Crippen molar-refractivity contribution in [1.29, 1.82) is 0 Å². The van der Waals surface area contributed by atoms with Crippen LogP contribution in [0.2, 0.25) is 0 Å². The molecule has 3 aromatic carbocycles. The van der Waals surface area contributed by atoms with Gasteiger partial charge in [0.15, 0.2) is 6.61 Å². The number of ether oxygens (including phenoxy) is 1. The lowest BCUT2D eigenvalue weighted by Crippen LogP contribution is -2.53. The zero-order valence-electron chi connectivity index (χ0n) is 21.4. The van der Waals surface area contributed by atoms with Crippen LogP contribution in [0.15, 0.2) is 78.9 Å². The van der Waals surface area contributed by atoms with Crippen LogP contribution in [0, 0.1) is 10.5 Å². The number of amides is 2. The Morgan fingerprint density at radius 2 is 1.65 bits per heavy atom. The molecule has 194 valence electrons. The summed E-state index contributed by atoms with van der Waals surface area (Å²) in [7, 11) is 0. The molecule has 37 heavy (non-hydrogen) atoms. The van der Waals surface area contributed by atoms with Crippen LogP contribution in [0.3, 0.4) is 0 Å². The summed E-state index contributed by atoms with van der Waals surface area (Å²) in [6.07, 6.45) is 5.90. The number of nitrogens with zero attached hydrogens (tertiary/aromatic N) is 1. The second-order valence-corrected chi connectivity index (χ2v) is 11.0. The molecule has 4 rings (SSSR count). The topological polar surface area (TPSA) is 58.6 Å². The molecule has 0 saturated heterocycles. The molecule has 1 N–H and O–H groups in total. The quantitative estimate of drug-likeness (QED) is 0.284. The fourth-order valence-corrected chi connectivity index (χ4v) is 5.22. The Balaban J connectivity index is 1.60. The SMILES string of the molecule is Cc1cccc(CN(C(=O)COc2ccc(I)cc2)[C@@H](Cc2ccccc2)C(=O)NC2CCCCC2)c1. The average molecular weight is 611 g/mol. The standard InChI is InChI=1S/C31H35IN2O3/c1-23-9-8-12-25(19-23)21-34(30(35)22-37-28-17-15-26(32)16-18-28)29(20-24-10-4-2-5-11-24)31(36)33-27-13-6-3-7-14-27/h2,4-5,8-12,15-19,27,29H,3,6-7,13-14,20-22H2,1H3,(H,33,36)/t29-/m0/s1. The summed E-state index contributed by atoms with van der Waals surface area (Å²) in [6, 6.07) is 25.2. The fourth-order valence-electron chi connectivity index (χ4n) is 4.86. The number of hydrogen-bond donors (Lipinski definition) is 1. The molecule has 1 saturated carbocycles. The van der Waals surface area contributed by atoms with Crippen molar-refractivity contribution in [3.8, 4) is 5.75 Å². The monoisotopic (exact) mass is 610 g/mol. The van der Waals surface area contributed by atoms with Gasteiger partial charge in [0.2, 0.25) is 5.91 Å². The summed E-state index contributed by atoms with van der Waals surface area (Å²) in [5.74, 6) is 0.335. The first-order valence-electron chi connectivity index (χ1n) is 13.1. The van der Waals surface area contributed by atoms with Gasteiger partial charge in [0.25, 0.3) is 5.91 Å². The second kappa shape index (κ2) is 13.6. The van der Waals surface area contributed by atoms with Crippen molar-refractivity contribution in [2.75, 3.05) is 6.61 Å². The minimum atomic E-state index is -0.641. The maximum atomic E-state index is 13.8. The summed E-state index contributed by atoms with van der Waals surface area (Å²) < 4.78 is 6.97. The average Bonchev–Trinajstić information content (AvgIpc) is 2.91. The van der Waals surface area contributed by atoms with Gasteiger partial charge in [0.05, 0.1) is 0 Å². The van der Waals surface area contributed by atoms with E-state index in [4.69, 9.17) is 4.74 Å². The van der Waals surface area contributed by atoms with Gasteiger partial charge in [-0.1, -0.05) is 79.4 Å². The number of carbonyl (C=O) groups is 2. The van der Waals surface area contributed by atoms with Gasteiger partial charge in [-0.15, -0.1) is 0 Å². The van der Waals surface area contributed by atoms with Gasteiger partial charge in [0.1, 0.15) is 11.8 Å². The van der Waals surface area contributed by atoms with Gasteiger partial charge in [-0.25, -0.2) is 0 Å². The van der Waals surface area contributed by atoms with Crippen molar-refractivity contribution in [2.24, 2.45) is 0 Å². The smallest absolute Gasteiger partial charge is 0.261 e. The van der Waals surface area contributed by atoms with Crippen molar-refractivity contribution in [1.82, 2.24) is 10.2 Å². The van der Waals surface area contributed by atoms with Gasteiger partial charge in [0, 0.05) is 22.6 Å². The van der Waals surface area contributed by atoms with Crippen molar-refractivity contribution in [3.05, 3.63) is 99.1 Å². The van der Waals surface area contributed by atoms with E-state index in [0.717, 1.165) is 45.9 Å². The summed E-state index contributed by atoms with van der Waals surface area (Å²) >= 11 is 2.24. The van der Waals surface area contributed by atoms with Crippen molar-refractivity contribution in [3.63, 3.8) is 0 Å². The van der Waals surface area contributed by atoms with Crippen LogP contribution in [0.4, 0.5) is 0 Å². The van der Waals surface area contributed by atoms with Crippen molar-refractivity contribution < 1.29 is 14.3 Å². The first-order chi connectivity index (χ1) is 18.0. The summed E-state index contributed by atoms with van der Waals surface area (Å²) in [5, 5.41) is 3.28. The minimum absolute atomic E-state index is 0.0916. The predicted molar refractivity (Wildman–Crippen MR) is 155 cm³/mol. The van der Waals surface area contributed by atoms with Gasteiger partial charge in [-0.2, -0.15) is 0 Å². The maximum absolute atomic E-state index is 13.8. The molecule has 0 unspecified atom stereocenters.